The molecule has 1 aromatic heterocycles. The summed E-state index contributed by atoms with van der Waals surface area (Å²) in [5, 5.41) is 22.6. The maximum atomic E-state index is 12.9. The van der Waals surface area contributed by atoms with E-state index in [2.05, 4.69) is 49.3 Å². The molecule has 2 aromatic carbocycles. The van der Waals surface area contributed by atoms with E-state index in [9.17, 15) is 15.3 Å². The molecule has 35 heavy (non-hydrogen) atoms. The van der Waals surface area contributed by atoms with Crippen LogP contribution in [0.1, 0.15) is 45.5 Å². The van der Waals surface area contributed by atoms with Gasteiger partial charge < -0.3 is 10.1 Å². The smallest absolute Gasteiger partial charge is 0.266 e. The molecule has 0 spiro atoms. The predicted molar refractivity (Wildman–Crippen MR) is 145 cm³/mol. The second-order valence-corrected chi connectivity index (χ2v) is 11.1. The summed E-state index contributed by atoms with van der Waals surface area (Å²) in [6, 6.07) is 15.9. The number of hydrogen-bond donors (Lipinski definition) is 1. The molecule has 176 valence electrons. The Labute approximate surface area is 225 Å². The van der Waals surface area contributed by atoms with Crippen LogP contribution in [0.2, 0.25) is 0 Å². The van der Waals surface area contributed by atoms with Crippen LogP contribution in [0.15, 0.2) is 50.9 Å². The van der Waals surface area contributed by atoms with E-state index in [4.69, 9.17) is 4.74 Å². The molecule has 1 amide bonds. The highest BCUT2D eigenvalue weighted by Crippen LogP contribution is 2.38. The van der Waals surface area contributed by atoms with E-state index in [0.717, 1.165) is 47.3 Å². The van der Waals surface area contributed by atoms with Crippen LogP contribution < -0.4 is 10.1 Å². The second-order valence-electron chi connectivity index (χ2n) is 8.24. The van der Waals surface area contributed by atoms with Crippen molar-refractivity contribution in [1.29, 1.82) is 10.5 Å². The average molecular weight is 611 g/mol. The molecular formula is C27H21Br2N3O2S. The number of carbonyl (C=O) groups is 1. The predicted octanol–water partition coefficient (Wildman–Crippen LogP) is 7.46. The molecule has 8 heteroatoms. The van der Waals surface area contributed by atoms with Gasteiger partial charge in [-0.05, 0) is 99.4 Å². The molecule has 0 unspecified atom stereocenters. The molecule has 0 atom stereocenters. The monoisotopic (exact) mass is 609 g/mol. The van der Waals surface area contributed by atoms with Gasteiger partial charge in [-0.25, -0.2) is 0 Å². The van der Waals surface area contributed by atoms with Gasteiger partial charge in [0, 0.05) is 4.88 Å². The third-order valence-electron chi connectivity index (χ3n) is 5.67. The fourth-order valence-electron chi connectivity index (χ4n) is 4.02. The minimum Gasteiger partial charge on any atom is -0.487 e. The number of anilines is 1. The van der Waals surface area contributed by atoms with Crippen molar-refractivity contribution in [3.8, 4) is 17.9 Å². The van der Waals surface area contributed by atoms with Crippen molar-refractivity contribution >= 4 is 60.2 Å². The zero-order chi connectivity index (χ0) is 24.9. The lowest BCUT2D eigenvalue weighted by Crippen LogP contribution is -2.13. The number of ether oxygens (including phenoxy) is 1. The number of amides is 1. The van der Waals surface area contributed by atoms with Gasteiger partial charge in [0.1, 0.15) is 35.1 Å². The standard InChI is InChI=1S/C27H21Br2N3O2S/c1-16-5-4-6-17(9-16)15-34-25-22(28)11-18(12-23(25)29)10-19(13-30)26(33)32-27-21(14-31)20-7-2-3-8-24(20)35-27/h4-6,9-12H,2-3,7-8,15H2,1H3,(H,32,33)/b19-10+. The number of benzene rings is 2. The Balaban J connectivity index is 1.53. The van der Waals surface area contributed by atoms with E-state index in [1.807, 2.05) is 31.2 Å². The summed E-state index contributed by atoms with van der Waals surface area (Å²) in [5.41, 5.74) is 4.39. The average Bonchev–Trinajstić information content (AvgIpc) is 3.18. The quantitative estimate of drug-likeness (QED) is 0.232. The van der Waals surface area contributed by atoms with Crippen LogP contribution in [0.25, 0.3) is 6.08 Å². The number of nitrogens with one attached hydrogen (secondary N) is 1. The Morgan fingerprint density at radius 3 is 2.60 bits per heavy atom. The minimum absolute atomic E-state index is 0.0486. The third-order valence-corrected chi connectivity index (χ3v) is 8.06. The van der Waals surface area contributed by atoms with Gasteiger partial charge >= 0.3 is 0 Å². The van der Waals surface area contributed by atoms with Gasteiger partial charge in [-0.2, -0.15) is 10.5 Å². The van der Waals surface area contributed by atoms with Crippen LogP contribution in [-0.2, 0) is 24.2 Å². The number of nitriles is 2. The lowest BCUT2D eigenvalue weighted by atomic mass is 9.96. The van der Waals surface area contributed by atoms with Crippen LogP contribution in [0, 0.1) is 29.6 Å². The summed E-state index contributed by atoms with van der Waals surface area (Å²) in [4.78, 5) is 14.1. The van der Waals surface area contributed by atoms with Crippen molar-refractivity contribution in [3.63, 3.8) is 0 Å². The number of fused-ring (bicyclic) bond motifs is 1. The molecule has 5 nitrogen and oxygen atoms in total. The van der Waals surface area contributed by atoms with Crippen LogP contribution in [0.5, 0.6) is 5.75 Å². The van der Waals surface area contributed by atoms with Gasteiger partial charge in [-0.1, -0.05) is 29.8 Å². The number of carbonyl (C=O) groups excluding carboxylic acids is 1. The van der Waals surface area contributed by atoms with Crippen molar-refractivity contribution in [2.24, 2.45) is 0 Å². The molecule has 1 heterocycles. The Kier molecular flexibility index (Phi) is 8.07. The molecule has 0 saturated carbocycles. The Morgan fingerprint density at radius 2 is 1.91 bits per heavy atom. The summed E-state index contributed by atoms with van der Waals surface area (Å²) in [7, 11) is 0. The Bertz CT molecular complexity index is 1390. The Hall–Kier alpha value is -2.91. The van der Waals surface area contributed by atoms with Crippen molar-refractivity contribution in [1.82, 2.24) is 0 Å². The fraction of sp³-hybridized carbons (Fsp3) is 0.222. The van der Waals surface area contributed by atoms with Crippen molar-refractivity contribution in [2.45, 2.75) is 39.2 Å². The summed E-state index contributed by atoms with van der Waals surface area (Å²) >= 11 is 8.51. The number of nitrogens with zero attached hydrogens (tertiary/aromatic N) is 2. The fourth-order valence-corrected chi connectivity index (χ4v) is 6.70. The Morgan fingerprint density at radius 1 is 1.17 bits per heavy atom. The molecule has 1 aliphatic rings. The molecule has 0 fully saturated rings. The summed E-state index contributed by atoms with van der Waals surface area (Å²) in [6.07, 6.45) is 5.43. The molecule has 0 saturated heterocycles. The topological polar surface area (TPSA) is 85.9 Å². The molecular weight excluding hydrogens is 590 g/mol. The first kappa shape index (κ1) is 25.2. The summed E-state index contributed by atoms with van der Waals surface area (Å²) in [5.74, 6) is 0.101. The zero-order valence-corrected chi connectivity index (χ0v) is 22.9. The van der Waals surface area contributed by atoms with Crippen LogP contribution in [-0.4, -0.2) is 5.91 Å². The zero-order valence-electron chi connectivity index (χ0n) is 19.0. The normalized spacial score (nSPS) is 12.9. The molecule has 4 rings (SSSR count). The van der Waals surface area contributed by atoms with E-state index >= 15 is 0 Å². The first-order chi connectivity index (χ1) is 16.9. The molecule has 3 aromatic rings. The highest BCUT2D eigenvalue weighted by atomic mass is 79.9. The van der Waals surface area contributed by atoms with E-state index in [1.165, 1.54) is 17.4 Å². The summed E-state index contributed by atoms with van der Waals surface area (Å²) in [6.45, 7) is 2.44. The van der Waals surface area contributed by atoms with Crippen molar-refractivity contribution in [3.05, 3.63) is 83.6 Å². The van der Waals surface area contributed by atoms with Gasteiger partial charge in [-0.3, -0.25) is 4.79 Å². The van der Waals surface area contributed by atoms with E-state index < -0.39 is 5.91 Å². The van der Waals surface area contributed by atoms with Crippen LogP contribution in [0.3, 0.4) is 0 Å². The van der Waals surface area contributed by atoms with Gasteiger partial charge in [0.15, 0.2) is 0 Å². The number of halogens is 2. The van der Waals surface area contributed by atoms with Gasteiger partial charge in [0.05, 0.1) is 14.5 Å². The second kappa shape index (κ2) is 11.2. The number of aryl methyl sites for hydroxylation is 2. The van der Waals surface area contributed by atoms with E-state index in [0.29, 0.717) is 37.4 Å². The first-order valence-electron chi connectivity index (χ1n) is 11.0. The molecule has 1 aliphatic carbocycles. The van der Waals surface area contributed by atoms with Crippen LogP contribution >= 0.6 is 43.2 Å². The van der Waals surface area contributed by atoms with Gasteiger partial charge in [0.2, 0.25) is 0 Å². The molecule has 0 bridgehead atoms. The lowest BCUT2D eigenvalue weighted by Gasteiger charge is -2.12. The molecule has 0 radical (unpaired) electrons. The van der Waals surface area contributed by atoms with Crippen molar-refractivity contribution < 1.29 is 9.53 Å². The first-order valence-corrected chi connectivity index (χ1v) is 13.4. The number of thiophene rings is 1. The highest BCUT2D eigenvalue weighted by Gasteiger charge is 2.23. The van der Waals surface area contributed by atoms with Gasteiger partial charge in [0.25, 0.3) is 5.91 Å². The maximum absolute atomic E-state index is 12.9. The largest absolute Gasteiger partial charge is 0.487 e. The molecule has 0 aliphatic heterocycles. The third kappa shape index (κ3) is 5.85. The van der Waals surface area contributed by atoms with Crippen LogP contribution in [0.4, 0.5) is 5.00 Å². The highest BCUT2D eigenvalue weighted by molar-refractivity contribution is 9.11. The van der Waals surface area contributed by atoms with E-state index in [1.54, 1.807) is 12.1 Å². The number of rotatable bonds is 6. The maximum Gasteiger partial charge on any atom is 0.266 e. The number of hydrogen-bond acceptors (Lipinski definition) is 5. The van der Waals surface area contributed by atoms with Crippen molar-refractivity contribution in [2.75, 3.05) is 5.32 Å². The SMILES string of the molecule is Cc1cccc(COc2c(Br)cc(/C=C(\C#N)C(=O)Nc3sc4c(c3C#N)CCCC4)cc2Br)c1. The molecule has 1 N–H and O–H groups in total. The lowest BCUT2D eigenvalue weighted by molar-refractivity contribution is -0.112. The summed E-state index contributed by atoms with van der Waals surface area (Å²) < 4.78 is 7.39. The van der Waals surface area contributed by atoms with Gasteiger partial charge in [-0.15, -0.1) is 11.3 Å². The van der Waals surface area contributed by atoms with E-state index in [-0.39, 0.29) is 5.57 Å². The minimum atomic E-state index is -0.533.